The van der Waals surface area contributed by atoms with Crippen LogP contribution in [-0.4, -0.2) is 19.5 Å². The van der Waals surface area contributed by atoms with Crippen molar-refractivity contribution in [3.63, 3.8) is 0 Å². The van der Waals surface area contributed by atoms with Crippen LogP contribution in [0, 0.1) is 0 Å². The van der Waals surface area contributed by atoms with Crippen molar-refractivity contribution in [2.75, 3.05) is 0 Å². The molecule has 0 saturated carbocycles. The zero-order valence-electron chi connectivity index (χ0n) is 14.3. The number of hydrogen-bond acceptors (Lipinski definition) is 3. The first-order valence-electron chi connectivity index (χ1n) is 8.47. The minimum atomic E-state index is 0.558. The van der Waals surface area contributed by atoms with Crippen molar-refractivity contribution >= 4 is 61.5 Å². The zero-order valence-corrected chi connectivity index (χ0v) is 17.4. The van der Waals surface area contributed by atoms with Gasteiger partial charge in [-0.25, -0.2) is 15.0 Å². The van der Waals surface area contributed by atoms with E-state index in [9.17, 15) is 0 Å². The second kappa shape index (κ2) is 6.85. The summed E-state index contributed by atoms with van der Waals surface area (Å²) in [6.45, 7) is 0. The minimum absolute atomic E-state index is 0.558. The Bertz CT molecular complexity index is 1350. The number of benzene rings is 3. The quantitative estimate of drug-likeness (QED) is 0.288. The highest BCUT2D eigenvalue weighted by Crippen LogP contribution is 2.33. The number of halogens is 3. The van der Waals surface area contributed by atoms with Gasteiger partial charge in [-0.3, -0.25) is 4.57 Å². The van der Waals surface area contributed by atoms with E-state index in [1.54, 1.807) is 0 Å². The fourth-order valence-corrected chi connectivity index (χ4v) is 4.02. The van der Waals surface area contributed by atoms with E-state index in [-0.39, 0.29) is 0 Å². The molecule has 28 heavy (non-hydrogen) atoms. The monoisotopic (exact) mass is 468 g/mol. The molecule has 0 aliphatic rings. The van der Waals surface area contributed by atoms with Gasteiger partial charge in [-0.1, -0.05) is 51.3 Å². The van der Waals surface area contributed by atoms with Crippen LogP contribution in [0.15, 0.2) is 71.2 Å². The molecular weight excluding hydrogens is 459 g/mol. The van der Waals surface area contributed by atoms with Crippen LogP contribution in [0.25, 0.3) is 39.4 Å². The Hall–Kier alpha value is -2.47. The van der Waals surface area contributed by atoms with Crippen LogP contribution in [0.4, 0.5) is 0 Å². The fraction of sp³-hybridized carbons (Fsp3) is 0. The van der Waals surface area contributed by atoms with E-state index in [2.05, 4.69) is 15.9 Å². The third-order valence-corrected chi connectivity index (χ3v) is 5.47. The highest BCUT2D eigenvalue weighted by molar-refractivity contribution is 9.10. The van der Waals surface area contributed by atoms with Gasteiger partial charge in [0.15, 0.2) is 11.3 Å². The van der Waals surface area contributed by atoms with Crippen molar-refractivity contribution in [1.29, 1.82) is 0 Å². The molecule has 0 fully saturated rings. The van der Waals surface area contributed by atoms with Gasteiger partial charge in [0.25, 0.3) is 0 Å². The van der Waals surface area contributed by atoms with Crippen LogP contribution in [0.5, 0.6) is 0 Å². The average molecular weight is 470 g/mol. The van der Waals surface area contributed by atoms with Crippen molar-refractivity contribution in [2.45, 2.75) is 0 Å². The number of para-hydroxylation sites is 2. The predicted octanol–water partition coefficient (Wildman–Crippen LogP) is 6.71. The van der Waals surface area contributed by atoms with Crippen molar-refractivity contribution in [3.8, 4) is 17.1 Å². The minimum Gasteiger partial charge on any atom is -0.274 e. The molecule has 5 aromatic rings. The summed E-state index contributed by atoms with van der Waals surface area (Å²) in [6, 6.07) is 21.0. The molecule has 136 valence electrons. The molecule has 0 aliphatic carbocycles. The molecule has 4 nitrogen and oxygen atoms in total. The van der Waals surface area contributed by atoms with Gasteiger partial charge in [-0.2, -0.15) is 0 Å². The summed E-state index contributed by atoms with van der Waals surface area (Å²) in [7, 11) is 0. The third kappa shape index (κ3) is 2.96. The first-order valence-corrected chi connectivity index (χ1v) is 10.0. The lowest BCUT2D eigenvalue weighted by Crippen LogP contribution is -2.00. The number of fused-ring (bicyclic) bond motifs is 2. The number of aromatic nitrogens is 4. The van der Waals surface area contributed by atoms with Crippen LogP contribution in [-0.2, 0) is 0 Å². The second-order valence-electron chi connectivity index (χ2n) is 6.23. The Labute approximate surface area is 178 Å². The molecule has 0 spiro atoms. The van der Waals surface area contributed by atoms with E-state index in [1.807, 2.05) is 71.3 Å². The molecule has 5 rings (SSSR count). The van der Waals surface area contributed by atoms with Crippen LogP contribution in [0.2, 0.25) is 10.0 Å². The van der Waals surface area contributed by atoms with E-state index >= 15 is 0 Å². The largest absolute Gasteiger partial charge is 0.274 e. The van der Waals surface area contributed by atoms with Gasteiger partial charge in [0.2, 0.25) is 0 Å². The topological polar surface area (TPSA) is 43.6 Å². The Morgan fingerprint density at radius 2 is 1.50 bits per heavy atom. The fourth-order valence-electron chi connectivity index (χ4n) is 3.14. The molecule has 0 radical (unpaired) electrons. The Kier molecular flexibility index (Phi) is 4.31. The van der Waals surface area contributed by atoms with Gasteiger partial charge in [0, 0.05) is 15.1 Å². The SMILES string of the molecule is Clc1ccc(-c2nc3nc4ccccc4nc3n2-c2ccc(Br)cc2Cl)cc1. The molecule has 0 amide bonds. The van der Waals surface area contributed by atoms with Gasteiger partial charge in [-0.05, 0) is 54.6 Å². The highest BCUT2D eigenvalue weighted by atomic mass is 79.9. The Morgan fingerprint density at radius 1 is 0.786 bits per heavy atom. The Morgan fingerprint density at radius 3 is 2.21 bits per heavy atom. The van der Waals surface area contributed by atoms with Gasteiger partial charge in [0.1, 0.15) is 5.82 Å². The van der Waals surface area contributed by atoms with Crippen LogP contribution >= 0.6 is 39.1 Å². The van der Waals surface area contributed by atoms with Crippen LogP contribution < -0.4 is 0 Å². The predicted molar refractivity (Wildman–Crippen MR) is 117 cm³/mol. The van der Waals surface area contributed by atoms with Gasteiger partial charge >= 0.3 is 0 Å². The second-order valence-corrected chi connectivity index (χ2v) is 7.99. The molecule has 0 saturated heterocycles. The van der Waals surface area contributed by atoms with Gasteiger partial charge in [-0.15, -0.1) is 0 Å². The molecule has 7 heteroatoms. The van der Waals surface area contributed by atoms with Crippen molar-refractivity contribution < 1.29 is 0 Å². The maximum Gasteiger partial charge on any atom is 0.199 e. The number of nitrogens with zero attached hydrogens (tertiary/aromatic N) is 4. The molecule has 3 aromatic carbocycles. The highest BCUT2D eigenvalue weighted by Gasteiger charge is 2.19. The standard InChI is InChI=1S/C21H11BrCl2N4/c22-13-7-10-18(15(24)11-13)28-20(12-5-8-14(23)9-6-12)27-19-21(28)26-17-4-2-1-3-16(17)25-19/h1-11H. The first kappa shape index (κ1) is 17.6. The summed E-state index contributed by atoms with van der Waals surface area (Å²) < 4.78 is 2.84. The average Bonchev–Trinajstić information content (AvgIpc) is 3.05. The van der Waals surface area contributed by atoms with Crippen molar-refractivity contribution in [3.05, 3.63) is 81.2 Å². The van der Waals surface area contributed by atoms with Gasteiger partial charge < -0.3 is 0 Å². The summed E-state index contributed by atoms with van der Waals surface area (Å²) in [4.78, 5) is 14.3. The molecule has 2 heterocycles. The molecule has 0 N–H and O–H groups in total. The lowest BCUT2D eigenvalue weighted by molar-refractivity contribution is 1.08. The normalized spacial score (nSPS) is 11.4. The molecular formula is C21H11BrCl2N4. The lowest BCUT2D eigenvalue weighted by atomic mass is 10.2. The third-order valence-electron chi connectivity index (χ3n) is 4.42. The van der Waals surface area contributed by atoms with E-state index in [1.165, 1.54) is 0 Å². The van der Waals surface area contributed by atoms with Crippen molar-refractivity contribution in [2.24, 2.45) is 0 Å². The number of rotatable bonds is 2. The smallest absolute Gasteiger partial charge is 0.199 e. The van der Waals surface area contributed by atoms with Gasteiger partial charge in [0.05, 0.1) is 21.7 Å². The van der Waals surface area contributed by atoms with Crippen molar-refractivity contribution in [1.82, 2.24) is 19.5 Å². The maximum atomic E-state index is 6.58. The summed E-state index contributed by atoms with van der Waals surface area (Å²) in [5, 5.41) is 1.24. The number of hydrogen-bond donors (Lipinski definition) is 0. The lowest BCUT2D eigenvalue weighted by Gasteiger charge is -2.11. The van der Waals surface area contributed by atoms with Crippen LogP contribution in [0.3, 0.4) is 0 Å². The number of imidazole rings is 1. The first-order chi connectivity index (χ1) is 13.6. The molecule has 0 unspecified atom stereocenters. The van der Waals surface area contributed by atoms with E-state index < -0.39 is 0 Å². The van der Waals surface area contributed by atoms with Crippen LogP contribution in [0.1, 0.15) is 0 Å². The molecule has 0 bridgehead atoms. The van der Waals surface area contributed by atoms with E-state index in [4.69, 9.17) is 38.2 Å². The molecule has 2 aromatic heterocycles. The molecule has 0 atom stereocenters. The summed E-state index contributed by atoms with van der Waals surface area (Å²) >= 11 is 16.1. The molecule has 0 aliphatic heterocycles. The zero-order chi connectivity index (χ0) is 19.3. The maximum absolute atomic E-state index is 6.58. The summed E-state index contributed by atoms with van der Waals surface area (Å²) in [5.41, 5.74) is 4.47. The Balaban J connectivity index is 1.89. The van der Waals surface area contributed by atoms with E-state index in [0.717, 1.165) is 26.8 Å². The van der Waals surface area contributed by atoms with E-state index in [0.29, 0.717) is 27.2 Å². The summed E-state index contributed by atoms with van der Waals surface area (Å²) in [5.74, 6) is 0.700. The summed E-state index contributed by atoms with van der Waals surface area (Å²) in [6.07, 6.45) is 0.